The maximum absolute atomic E-state index is 8.69. The molecule has 0 aromatic carbocycles. The molecule has 0 aliphatic rings. The monoisotopic (exact) mass is 162 g/mol. The summed E-state index contributed by atoms with van der Waals surface area (Å²) in [6, 6.07) is 2.17. The first-order valence-electron chi connectivity index (χ1n) is 4.44. The van der Waals surface area contributed by atoms with Crippen LogP contribution in [0.5, 0.6) is 0 Å². The van der Waals surface area contributed by atoms with Crippen LogP contribution in [0, 0.1) is 11.3 Å². The molecule has 0 radical (unpaired) electrons. The number of nitriles is 1. The summed E-state index contributed by atoms with van der Waals surface area (Å²) in [5, 5.41) is 8.69. The largest absolute Gasteiger partial charge is 0.366 e. The van der Waals surface area contributed by atoms with Gasteiger partial charge in [0.2, 0.25) is 0 Å². The topological polar surface area (TPSA) is 39.6 Å². The van der Waals surface area contributed by atoms with Crippen LogP contribution in [0.4, 0.5) is 0 Å². The molecule has 1 aromatic rings. The average Bonchev–Trinajstić information content (AvgIpc) is 2.52. The minimum atomic E-state index is 0.797. The molecule has 0 saturated carbocycles. The van der Waals surface area contributed by atoms with Crippen molar-refractivity contribution >= 4 is 0 Å². The third kappa shape index (κ3) is 2.13. The van der Waals surface area contributed by atoms with Crippen molar-refractivity contribution in [3.8, 4) is 6.07 Å². The Kier molecular flexibility index (Phi) is 3.40. The smallest absolute Gasteiger partial charge is 0.101 e. The highest BCUT2D eigenvalue weighted by Crippen LogP contribution is 2.10. The molecule has 2 heteroatoms. The molecular weight excluding hydrogens is 148 g/mol. The number of nitrogens with one attached hydrogen (secondary N) is 1. The molecule has 0 bridgehead atoms. The number of nitrogens with zero attached hydrogens (tertiary/aromatic N) is 1. The molecule has 0 aliphatic carbocycles. The van der Waals surface area contributed by atoms with E-state index >= 15 is 0 Å². The Hall–Kier alpha value is -1.23. The predicted molar refractivity (Wildman–Crippen MR) is 48.7 cm³/mol. The summed E-state index contributed by atoms with van der Waals surface area (Å²) in [5.41, 5.74) is 1.96. The van der Waals surface area contributed by atoms with E-state index in [9.17, 15) is 0 Å². The molecule has 0 spiro atoms. The Morgan fingerprint density at radius 2 is 2.25 bits per heavy atom. The maximum atomic E-state index is 8.69. The van der Waals surface area contributed by atoms with Crippen LogP contribution < -0.4 is 0 Å². The molecule has 0 saturated heterocycles. The van der Waals surface area contributed by atoms with Crippen molar-refractivity contribution in [2.45, 2.75) is 32.6 Å². The van der Waals surface area contributed by atoms with E-state index in [0.717, 1.165) is 17.5 Å². The first kappa shape index (κ1) is 8.86. The Labute approximate surface area is 73.2 Å². The Bertz CT molecular complexity index is 268. The van der Waals surface area contributed by atoms with Crippen LogP contribution in [0.3, 0.4) is 0 Å². The highest BCUT2D eigenvalue weighted by molar-refractivity contribution is 5.34. The number of aromatic amines is 1. The molecule has 0 amide bonds. The fourth-order valence-corrected chi connectivity index (χ4v) is 1.27. The lowest BCUT2D eigenvalue weighted by Crippen LogP contribution is -1.85. The summed E-state index contributed by atoms with van der Waals surface area (Å²) < 4.78 is 0. The van der Waals surface area contributed by atoms with E-state index in [4.69, 9.17) is 5.26 Å². The summed E-state index contributed by atoms with van der Waals surface area (Å²) >= 11 is 0. The second-order valence-electron chi connectivity index (χ2n) is 2.96. The molecule has 0 fully saturated rings. The van der Waals surface area contributed by atoms with E-state index in [0.29, 0.717) is 0 Å². The number of hydrogen-bond donors (Lipinski definition) is 1. The highest BCUT2D eigenvalue weighted by Gasteiger charge is 2.00. The van der Waals surface area contributed by atoms with Gasteiger partial charge in [-0.25, -0.2) is 0 Å². The SMILES string of the molecule is CCCCCc1c[nH]cc1C#N. The third-order valence-corrected chi connectivity index (χ3v) is 2.00. The van der Waals surface area contributed by atoms with Crippen molar-refractivity contribution < 1.29 is 0 Å². The van der Waals surface area contributed by atoms with Gasteiger partial charge in [-0.2, -0.15) is 5.26 Å². The van der Waals surface area contributed by atoms with Crippen LogP contribution in [0.25, 0.3) is 0 Å². The van der Waals surface area contributed by atoms with Gasteiger partial charge in [-0.05, 0) is 18.4 Å². The third-order valence-electron chi connectivity index (χ3n) is 2.00. The second kappa shape index (κ2) is 4.61. The quantitative estimate of drug-likeness (QED) is 0.679. The number of H-pyrrole nitrogens is 1. The highest BCUT2D eigenvalue weighted by atomic mass is 14.6. The zero-order chi connectivity index (χ0) is 8.81. The molecule has 0 atom stereocenters. The van der Waals surface area contributed by atoms with Gasteiger partial charge in [0.05, 0.1) is 5.56 Å². The van der Waals surface area contributed by atoms with Crippen molar-refractivity contribution in [3.63, 3.8) is 0 Å². The van der Waals surface area contributed by atoms with Gasteiger partial charge >= 0.3 is 0 Å². The number of unbranched alkanes of at least 4 members (excludes halogenated alkanes) is 2. The predicted octanol–water partition coefficient (Wildman–Crippen LogP) is 2.62. The lowest BCUT2D eigenvalue weighted by Gasteiger charge is -1.96. The zero-order valence-electron chi connectivity index (χ0n) is 7.43. The van der Waals surface area contributed by atoms with Gasteiger partial charge in [0, 0.05) is 12.4 Å². The lowest BCUT2D eigenvalue weighted by molar-refractivity contribution is 0.717. The Balaban J connectivity index is 2.46. The second-order valence-corrected chi connectivity index (χ2v) is 2.96. The number of aromatic nitrogens is 1. The van der Waals surface area contributed by atoms with Gasteiger partial charge in [-0.3, -0.25) is 0 Å². The Morgan fingerprint density at radius 3 is 2.92 bits per heavy atom. The van der Waals surface area contributed by atoms with Gasteiger partial charge in [-0.15, -0.1) is 0 Å². The van der Waals surface area contributed by atoms with Gasteiger partial charge < -0.3 is 4.98 Å². The lowest BCUT2D eigenvalue weighted by atomic mass is 10.1. The fourth-order valence-electron chi connectivity index (χ4n) is 1.27. The molecule has 1 N–H and O–H groups in total. The number of hydrogen-bond acceptors (Lipinski definition) is 1. The van der Waals surface area contributed by atoms with Crippen LogP contribution in [0.1, 0.15) is 37.3 Å². The van der Waals surface area contributed by atoms with Crippen LogP contribution in [0.15, 0.2) is 12.4 Å². The van der Waals surface area contributed by atoms with Crippen molar-refractivity contribution in [2.75, 3.05) is 0 Å². The van der Waals surface area contributed by atoms with Crippen molar-refractivity contribution in [1.29, 1.82) is 5.26 Å². The van der Waals surface area contributed by atoms with Crippen molar-refractivity contribution in [2.24, 2.45) is 0 Å². The maximum Gasteiger partial charge on any atom is 0.101 e. The zero-order valence-corrected chi connectivity index (χ0v) is 7.43. The summed E-state index contributed by atoms with van der Waals surface area (Å²) in [5.74, 6) is 0. The van der Waals surface area contributed by atoms with Gasteiger partial charge in [0.15, 0.2) is 0 Å². The molecule has 0 aliphatic heterocycles. The van der Waals surface area contributed by atoms with Gasteiger partial charge in [0.25, 0.3) is 0 Å². The van der Waals surface area contributed by atoms with E-state index in [1.54, 1.807) is 6.20 Å². The molecule has 1 aromatic heterocycles. The van der Waals surface area contributed by atoms with Crippen molar-refractivity contribution in [1.82, 2.24) is 4.98 Å². The molecule has 64 valence electrons. The minimum absolute atomic E-state index is 0.797. The van der Waals surface area contributed by atoms with Gasteiger partial charge in [0.1, 0.15) is 6.07 Å². The molecule has 12 heavy (non-hydrogen) atoms. The van der Waals surface area contributed by atoms with Crippen LogP contribution in [0.2, 0.25) is 0 Å². The normalized spacial score (nSPS) is 9.67. The van der Waals surface area contributed by atoms with E-state index < -0.39 is 0 Å². The summed E-state index contributed by atoms with van der Waals surface area (Å²) in [7, 11) is 0. The van der Waals surface area contributed by atoms with E-state index in [2.05, 4.69) is 18.0 Å². The molecule has 0 unspecified atom stereocenters. The molecule has 1 rings (SSSR count). The van der Waals surface area contributed by atoms with Gasteiger partial charge in [-0.1, -0.05) is 19.8 Å². The first-order valence-corrected chi connectivity index (χ1v) is 4.44. The van der Waals surface area contributed by atoms with E-state index in [1.165, 1.54) is 19.3 Å². The first-order chi connectivity index (χ1) is 5.88. The fraction of sp³-hybridized carbons (Fsp3) is 0.500. The van der Waals surface area contributed by atoms with E-state index in [1.807, 2.05) is 6.20 Å². The number of rotatable bonds is 4. The van der Waals surface area contributed by atoms with E-state index in [-0.39, 0.29) is 0 Å². The number of aryl methyl sites for hydroxylation is 1. The van der Waals surface area contributed by atoms with Crippen LogP contribution in [-0.4, -0.2) is 4.98 Å². The standard InChI is InChI=1S/C10H14N2/c1-2-3-4-5-9-7-12-8-10(9)6-11/h7-8,12H,2-5H2,1H3. The van der Waals surface area contributed by atoms with Crippen molar-refractivity contribution in [3.05, 3.63) is 23.5 Å². The molecular formula is C10H14N2. The van der Waals surface area contributed by atoms with Crippen LogP contribution >= 0.6 is 0 Å². The van der Waals surface area contributed by atoms with Crippen LogP contribution in [-0.2, 0) is 6.42 Å². The summed E-state index contributed by atoms with van der Waals surface area (Å²) in [6.45, 7) is 2.18. The molecule has 1 heterocycles. The molecule has 2 nitrogen and oxygen atoms in total. The average molecular weight is 162 g/mol. The summed E-state index contributed by atoms with van der Waals surface area (Å²) in [6.07, 6.45) is 8.38. The Morgan fingerprint density at radius 1 is 1.42 bits per heavy atom. The minimum Gasteiger partial charge on any atom is -0.366 e. The summed E-state index contributed by atoms with van der Waals surface area (Å²) in [4.78, 5) is 2.95.